The summed E-state index contributed by atoms with van der Waals surface area (Å²) >= 11 is 0. The molecule has 32 heavy (non-hydrogen) atoms. The van der Waals surface area contributed by atoms with E-state index in [2.05, 4.69) is 5.32 Å². The zero-order chi connectivity index (χ0) is 23.3. The Morgan fingerprint density at radius 2 is 1.78 bits per heavy atom. The predicted octanol–water partition coefficient (Wildman–Crippen LogP) is 3.48. The molecule has 170 valence electrons. The second-order valence-electron chi connectivity index (χ2n) is 7.94. The van der Waals surface area contributed by atoms with E-state index in [1.165, 1.54) is 9.80 Å². The molecule has 8 heteroatoms. The van der Waals surface area contributed by atoms with Crippen molar-refractivity contribution in [2.45, 2.75) is 26.2 Å². The van der Waals surface area contributed by atoms with E-state index >= 15 is 0 Å². The van der Waals surface area contributed by atoms with Gasteiger partial charge in [-0.2, -0.15) is 0 Å². The Balaban J connectivity index is 1.52. The van der Waals surface area contributed by atoms with E-state index in [4.69, 9.17) is 0 Å². The normalized spacial score (nSPS) is 14.2. The van der Waals surface area contributed by atoms with Crippen molar-refractivity contribution in [2.75, 3.05) is 32.0 Å². The SMILES string of the molecule is CCc1ccccc1NC(=O)CN(C)C(=O)C1CCN(C(=O)c2ccc(F)cc2F)CC1. The molecular formula is C24H27F2N3O3. The van der Waals surface area contributed by atoms with Gasteiger partial charge in [0.2, 0.25) is 11.8 Å². The number of amides is 3. The molecule has 0 atom stereocenters. The number of nitrogens with zero attached hydrogens (tertiary/aromatic N) is 2. The van der Waals surface area contributed by atoms with Crippen LogP contribution in [0.15, 0.2) is 42.5 Å². The zero-order valence-corrected chi connectivity index (χ0v) is 18.2. The lowest BCUT2D eigenvalue weighted by Gasteiger charge is -2.33. The molecule has 1 saturated heterocycles. The lowest BCUT2D eigenvalue weighted by atomic mass is 9.95. The third kappa shape index (κ3) is 5.49. The molecule has 3 amide bonds. The summed E-state index contributed by atoms with van der Waals surface area (Å²) in [7, 11) is 1.58. The van der Waals surface area contributed by atoms with Gasteiger partial charge < -0.3 is 15.1 Å². The van der Waals surface area contributed by atoms with E-state index in [-0.39, 0.29) is 42.9 Å². The number of benzene rings is 2. The summed E-state index contributed by atoms with van der Waals surface area (Å²) in [6.45, 7) is 2.50. The molecular weight excluding hydrogens is 416 g/mol. The highest BCUT2D eigenvalue weighted by molar-refractivity contribution is 5.96. The van der Waals surface area contributed by atoms with Crippen molar-refractivity contribution >= 4 is 23.4 Å². The quantitative estimate of drug-likeness (QED) is 0.743. The van der Waals surface area contributed by atoms with Crippen molar-refractivity contribution in [1.29, 1.82) is 0 Å². The molecule has 0 bridgehead atoms. The summed E-state index contributed by atoms with van der Waals surface area (Å²) in [5, 5.41) is 2.85. The topological polar surface area (TPSA) is 69.7 Å². The number of piperidine rings is 1. The molecule has 1 heterocycles. The lowest BCUT2D eigenvalue weighted by Crippen LogP contribution is -2.45. The highest BCUT2D eigenvalue weighted by atomic mass is 19.1. The number of halogens is 2. The first-order chi connectivity index (χ1) is 15.3. The van der Waals surface area contributed by atoms with Crippen molar-refractivity contribution in [2.24, 2.45) is 5.92 Å². The van der Waals surface area contributed by atoms with E-state index in [0.717, 1.165) is 29.8 Å². The minimum absolute atomic E-state index is 0.0726. The number of para-hydroxylation sites is 1. The summed E-state index contributed by atoms with van der Waals surface area (Å²) < 4.78 is 27.0. The Kier molecular flexibility index (Phi) is 7.56. The second kappa shape index (κ2) is 10.3. The molecule has 1 aliphatic heterocycles. The maximum atomic E-state index is 13.9. The summed E-state index contributed by atoms with van der Waals surface area (Å²) in [6, 6.07) is 10.4. The molecule has 0 aliphatic carbocycles. The molecule has 6 nitrogen and oxygen atoms in total. The first-order valence-electron chi connectivity index (χ1n) is 10.7. The monoisotopic (exact) mass is 443 g/mol. The average molecular weight is 443 g/mol. The van der Waals surface area contributed by atoms with Gasteiger partial charge in [0.05, 0.1) is 12.1 Å². The molecule has 0 aromatic heterocycles. The highest BCUT2D eigenvalue weighted by Crippen LogP contribution is 2.22. The van der Waals surface area contributed by atoms with E-state index in [1.807, 2.05) is 31.2 Å². The van der Waals surface area contributed by atoms with Crippen LogP contribution in [0.5, 0.6) is 0 Å². The van der Waals surface area contributed by atoms with Crippen molar-refractivity contribution in [3.05, 3.63) is 65.2 Å². The third-order valence-electron chi connectivity index (χ3n) is 5.72. The number of carbonyl (C=O) groups excluding carboxylic acids is 3. The second-order valence-corrected chi connectivity index (χ2v) is 7.94. The number of likely N-dealkylation sites (N-methyl/N-ethyl adjacent to an activating group) is 1. The molecule has 2 aromatic rings. The van der Waals surface area contributed by atoms with Crippen molar-refractivity contribution < 1.29 is 23.2 Å². The summed E-state index contributed by atoms with van der Waals surface area (Å²) in [5.74, 6) is -2.92. The minimum Gasteiger partial charge on any atom is -0.339 e. The molecule has 3 rings (SSSR count). The van der Waals surface area contributed by atoms with Gasteiger partial charge in [-0.25, -0.2) is 8.78 Å². The highest BCUT2D eigenvalue weighted by Gasteiger charge is 2.31. The molecule has 0 spiro atoms. The number of aryl methyl sites for hydroxylation is 1. The van der Waals surface area contributed by atoms with Gasteiger partial charge in [0, 0.05) is 37.8 Å². The molecule has 0 unspecified atom stereocenters. The van der Waals surface area contributed by atoms with Gasteiger partial charge in [0.25, 0.3) is 5.91 Å². The summed E-state index contributed by atoms with van der Waals surface area (Å²) in [4.78, 5) is 40.6. The van der Waals surface area contributed by atoms with Crippen LogP contribution >= 0.6 is 0 Å². The minimum atomic E-state index is -0.899. The first kappa shape index (κ1) is 23.4. The van der Waals surface area contributed by atoms with Crippen LogP contribution in [0.25, 0.3) is 0 Å². The fourth-order valence-corrected chi connectivity index (χ4v) is 3.91. The summed E-state index contributed by atoms with van der Waals surface area (Å²) in [5.41, 5.74) is 1.57. The maximum absolute atomic E-state index is 13.9. The number of rotatable bonds is 6. The van der Waals surface area contributed by atoms with Gasteiger partial charge in [0.15, 0.2) is 0 Å². The fourth-order valence-electron chi connectivity index (χ4n) is 3.91. The Labute approximate surface area is 186 Å². The van der Waals surface area contributed by atoms with E-state index in [1.54, 1.807) is 7.05 Å². The molecule has 0 radical (unpaired) electrons. The van der Waals surface area contributed by atoms with Gasteiger partial charge in [-0.3, -0.25) is 14.4 Å². The van der Waals surface area contributed by atoms with Crippen LogP contribution in [0, 0.1) is 17.6 Å². The van der Waals surface area contributed by atoms with Gasteiger partial charge >= 0.3 is 0 Å². The molecule has 0 saturated carbocycles. The number of nitrogens with one attached hydrogen (secondary N) is 1. The molecule has 1 aliphatic rings. The van der Waals surface area contributed by atoms with Crippen molar-refractivity contribution in [1.82, 2.24) is 9.80 Å². The Morgan fingerprint density at radius 3 is 2.44 bits per heavy atom. The largest absolute Gasteiger partial charge is 0.339 e. The van der Waals surface area contributed by atoms with Crippen LogP contribution in [0.2, 0.25) is 0 Å². The maximum Gasteiger partial charge on any atom is 0.256 e. The predicted molar refractivity (Wildman–Crippen MR) is 117 cm³/mol. The number of likely N-dealkylation sites (tertiary alicyclic amines) is 1. The number of hydrogen-bond donors (Lipinski definition) is 1. The Hall–Kier alpha value is -3.29. The van der Waals surface area contributed by atoms with Crippen LogP contribution in [0.4, 0.5) is 14.5 Å². The third-order valence-corrected chi connectivity index (χ3v) is 5.72. The van der Waals surface area contributed by atoms with Crippen molar-refractivity contribution in [3.8, 4) is 0 Å². The summed E-state index contributed by atoms with van der Waals surface area (Å²) in [6.07, 6.45) is 1.61. The molecule has 2 aromatic carbocycles. The van der Waals surface area contributed by atoms with Crippen LogP contribution in [-0.4, -0.2) is 54.2 Å². The fraction of sp³-hybridized carbons (Fsp3) is 0.375. The van der Waals surface area contributed by atoms with Crippen LogP contribution in [0.1, 0.15) is 35.7 Å². The van der Waals surface area contributed by atoms with E-state index < -0.39 is 17.5 Å². The zero-order valence-electron chi connectivity index (χ0n) is 18.2. The molecule has 1 fully saturated rings. The Bertz CT molecular complexity index is 1000. The van der Waals surface area contributed by atoms with E-state index in [0.29, 0.717) is 18.9 Å². The number of carbonyl (C=O) groups is 3. The van der Waals surface area contributed by atoms with Gasteiger partial charge in [-0.15, -0.1) is 0 Å². The lowest BCUT2D eigenvalue weighted by molar-refractivity contribution is -0.138. The average Bonchev–Trinajstić information content (AvgIpc) is 2.78. The number of anilines is 1. The number of hydrogen-bond acceptors (Lipinski definition) is 3. The van der Waals surface area contributed by atoms with Gasteiger partial charge in [0.1, 0.15) is 11.6 Å². The van der Waals surface area contributed by atoms with Gasteiger partial charge in [-0.1, -0.05) is 25.1 Å². The van der Waals surface area contributed by atoms with Gasteiger partial charge in [-0.05, 0) is 43.0 Å². The van der Waals surface area contributed by atoms with Crippen LogP contribution in [0.3, 0.4) is 0 Å². The van der Waals surface area contributed by atoms with E-state index in [9.17, 15) is 23.2 Å². The van der Waals surface area contributed by atoms with Crippen molar-refractivity contribution in [3.63, 3.8) is 0 Å². The standard InChI is InChI=1S/C24H27F2N3O3/c1-3-16-6-4-5-7-21(16)27-22(30)15-28(2)23(31)17-10-12-29(13-11-17)24(32)19-9-8-18(25)14-20(19)26/h4-9,14,17H,3,10-13,15H2,1-2H3,(H,27,30). The molecule has 1 N–H and O–H groups in total. The van der Waals surface area contributed by atoms with Crippen LogP contribution in [-0.2, 0) is 16.0 Å². The smallest absolute Gasteiger partial charge is 0.256 e. The first-order valence-corrected chi connectivity index (χ1v) is 10.7. The van der Waals surface area contributed by atoms with Crippen LogP contribution < -0.4 is 5.32 Å². The Morgan fingerprint density at radius 1 is 1.09 bits per heavy atom.